The third kappa shape index (κ3) is 69.9. The number of nitrogens with one attached hydrogen (secondary N) is 1. The van der Waals surface area contributed by atoms with Gasteiger partial charge in [0.2, 0.25) is 5.91 Å². The molecule has 0 spiro atoms. The molecule has 1 amide bonds. The number of allylic oxidation sites excluding steroid dienone is 7. The van der Waals surface area contributed by atoms with E-state index in [1.807, 2.05) is 27.2 Å². The minimum Gasteiger partial charge on any atom is -0.387 e. The number of likely N-dealkylation sites (N-methyl/N-ethyl adjacent to an activating group) is 1. The number of carbonyl (C=O) groups is 1. The molecule has 8 nitrogen and oxygen atoms in total. The molecule has 86 heavy (non-hydrogen) atoms. The van der Waals surface area contributed by atoms with E-state index in [9.17, 15) is 19.4 Å². The molecule has 0 radical (unpaired) electrons. The Bertz CT molecular complexity index is 1540. The maximum absolute atomic E-state index is 13.1. The Morgan fingerprint density at radius 1 is 0.384 bits per heavy atom. The van der Waals surface area contributed by atoms with Crippen molar-refractivity contribution >= 4 is 13.7 Å². The molecule has 0 aliphatic carbocycles. The molecule has 3 atom stereocenters. The minimum absolute atomic E-state index is 0.0548. The van der Waals surface area contributed by atoms with Gasteiger partial charge < -0.3 is 19.8 Å². The van der Waals surface area contributed by atoms with Gasteiger partial charge in [0.25, 0.3) is 0 Å². The van der Waals surface area contributed by atoms with Gasteiger partial charge in [-0.05, 0) is 70.6 Å². The maximum atomic E-state index is 13.1. The first kappa shape index (κ1) is 84.5. The molecule has 3 N–H and O–H groups in total. The minimum atomic E-state index is -4.37. The van der Waals surface area contributed by atoms with Gasteiger partial charge in [0.05, 0.1) is 39.9 Å². The van der Waals surface area contributed by atoms with Crippen LogP contribution in [0.5, 0.6) is 0 Å². The fourth-order valence-corrected chi connectivity index (χ4v) is 12.3. The molecule has 0 rings (SSSR count). The highest BCUT2D eigenvalue weighted by atomic mass is 31.2. The summed E-state index contributed by atoms with van der Waals surface area (Å²) in [5, 5.41) is 14.0. The topological polar surface area (TPSA) is 105 Å². The molecular formula is C77H150N2O6P+. The zero-order chi connectivity index (χ0) is 62.6. The lowest BCUT2D eigenvalue weighted by Gasteiger charge is -2.25. The summed E-state index contributed by atoms with van der Waals surface area (Å²) in [7, 11) is 1.56. The van der Waals surface area contributed by atoms with Crippen LogP contribution in [0, 0.1) is 0 Å². The van der Waals surface area contributed by atoms with Crippen molar-refractivity contribution in [1.82, 2.24) is 5.32 Å². The summed E-state index contributed by atoms with van der Waals surface area (Å²) in [6, 6.07) is -0.871. The molecule has 9 heteroatoms. The summed E-state index contributed by atoms with van der Waals surface area (Å²) in [4.78, 5) is 23.4. The molecule has 508 valence electrons. The Labute approximate surface area is 537 Å². The highest BCUT2D eigenvalue weighted by molar-refractivity contribution is 7.47. The predicted molar refractivity (Wildman–Crippen MR) is 378 cm³/mol. The first-order chi connectivity index (χ1) is 42.0. The van der Waals surface area contributed by atoms with Gasteiger partial charge in [-0.25, -0.2) is 4.57 Å². The van der Waals surface area contributed by atoms with Gasteiger partial charge >= 0.3 is 7.82 Å². The van der Waals surface area contributed by atoms with E-state index in [2.05, 4.69) is 55.6 Å². The first-order valence-corrected chi connectivity index (χ1v) is 39.5. The number of phosphoric acid groups is 1. The molecule has 0 heterocycles. The summed E-state index contributed by atoms with van der Waals surface area (Å²) in [5.74, 6) is -0.183. The molecule has 0 bridgehead atoms. The van der Waals surface area contributed by atoms with Crippen molar-refractivity contribution in [1.29, 1.82) is 0 Å². The number of unbranched alkanes of at least 4 members (excludes halogenated alkanes) is 52. The van der Waals surface area contributed by atoms with E-state index < -0.39 is 20.0 Å². The van der Waals surface area contributed by atoms with E-state index in [1.54, 1.807) is 6.08 Å². The van der Waals surface area contributed by atoms with Gasteiger partial charge in [-0.3, -0.25) is 13.8 Å². The molecule has 0 aromatic heterocycles. The zero-order valence-electron chi connectivity index (χ0n) is 58.3. The average Bonchev–Trinajstić information content (AvgIpc) is 3.70. The second-order valence-corrected chi connectivity index (χ2v) is 28.8. The number of aliphatic hydroxyl groups excluding tert-OH is 1. The van der Waals surface area contributed by atoms with E-state index in [0.29, 0.717) is 17.4 Å². The van der Waals surface area contributed by atoms with E-state index in [-0.39, 0.29) is 19.1 Å². The van der Waals surface area contributed by atoms with Crippen LogP contribution in [0.2, 0.25) is 0 Å². The number of rotatable bonds is 71. The number of amides is 1. The molecule has 3 unspecified atom stereocenters. The fourth-order valence-electron chi connectivity index (χ4n) is 11.6. The number of nitrogens with zero attached hydrogens (tertiary/aromatic N) is 1. The van der Waals surface area contributed by atoms with Gasteiger partial charge in [-0.1, -0.05) is 358 Å². The molecule has 0 saturated carbocycles. The Hall–Kier alpha value is -1.54. The number of aliphatic hydroxyl groups is 1. The largest absolute Gasteiger partial charge is 0.472 e. The third-order valence-electron chi connectivity index (χ3n) is 17.5. The van der Waals surface area contributed by atoms with E-state index in [1.165, 1.54) is 321 Å². The number of phosphoric ester groups is 1. The summed E-state index contributed by atoms with van der Waals surface area (Å²) in [5.41, 5.74) is 0. The smallest absolute Gasteiger partial charge is 0.387 e. The number of quaternary nitrogens is 1. The Morgan fingerprint density at radius 3 is 0.930 bits per heavy atom. The highest BCUT2D eigenvalue weighted by Gasteiger charge is 2.28. The lowest BCUT2D eigenvalue weighted by Crippen LogP contribution is -2.45. The van der Waals surface area contributed by atoms with Crippen LogP contribution in [0.3, 0.4) is 0 Å². The predicted octanol–water partition coefficient (Wildman–Crippen LogP) is 24.6. The molecular weight excluding hydrogens is 1080 g/mol. The van der Waals surface area contributed by atoms with Gasteiger partial charge in [-0.2, -0.15) is 0 Å². The van der Waals surface area contributed by atoms with Crippen LogP contribution in [-0.4, -0.2) is 73.4 Å². The molecule has 0 aliphatic heterocycles. The standard InChI is InChI=1S/C77H149N2O6P/c1-6-8-10-12-14-16-18-20-22-24-26-28-30-32-33-34-35-36-37-38-39-40-41-42-43-44-45-47-49-51-53-55-57-59-61-63-65-67-69-71-77(81)78-75(74-85-86(82,83)84-73-72-79(3,4)5)76(80)70-68-66-64-62-60-58-56-54-52-50-48-46-31-29-27-25-23-21-19-17-15-13-11-9-7-2/h24,26,52,54,60,62,68,70,75-76,80H,6-23,25,27-51,53,55-59,61,63-67,69,71-74H2,1-5H3,(H-,78,81,82,83)/p+1/b26-24-,54-52+,62-60+,70-68+. The first-order valence-electron chi connectivity index (χ1n) is 38.0. The maximum Gasteiger partial charge on any atom is 0.472 e. The highest BCUT2D eigenvalue weighted by Crippen LogP contribution is 2.43. The zero-order valence-corrected chi connectivity index (χ0v) is 59.2. The van der Waals surface area contributed by atoms with Crippen molar-refractivity contribution in [2.75, 3.05) is 40.9 Å². The van der Waals surface area contributed by atoms with E-state index in [4.69, 9.17) is 9.05 Å². The Balaban J connectivity index is 3.98. The second-order valence-electron chi connectivity index (χ2n) is 27.4. The van der Waals surface area contributed by atoms with Gasteiger partial charge in [0.15, 0.2) is 0 Å². The number of hydrogen-bond donors (Lipinski definition) is 3. The third-order valence-corrected chi connectivity index (χ3v) is 18.5. The monoisotopic (exact) mass is 1230 g/mol. The number of carbonyl (C=O) groups excluding carboxylic acids is 1. The van der Waals surface area contributed by atoms with E-state index >= 15 is 0 Å². The van der Waals surface area contributed by atoms with Crippen molar-refractivity contribution in [3.8, 4) is 0 Å². The molecule has 0 aliphatic rings. The van der Waals surface area contributed by atoms with Gasteiger partial charge in [0, 0.05) is 6.42 Å². The van der Waals surface area contributed by atoms with Crippen LogP contribution in [0.4, 0.5) is 0 Å². The quantitative estimate of drug-likeness (QED) is 0.0243. The Kier molecular flexibility index (Phi) is 66.6. The summed E-state index contributed by atoms with van der Waals surface area (Å²) in [6.07, 6.45) is 93.0. The average molecular weight is 1230 g/mol. The van der Waals surface area contributed by atoms with Gasteiger partial charge in [0.1, 0.15) is 13.2 Å². The van der Waals surface area contributed by atoms with Crippen molar-refractivity contribution < 1.29 is 32.9 Å². The van der Waals surface area contributed by atoms with Crippen molar-refractivity contribution in [2.24, 2.45) is 0 Å². The van der Waals surface area contributed by atoms with Crippen molar-refractivity contribution in [3.05, 3.63) is 48.6 Å². The fraction of sp³-hybridized carbons (Fsp3) is 0.883. The summed E-state index contributed by atoms with van der Waals surface area (Å²) >= 11 is 0. The normalized spacial score (nSPS) is 13.8. The lowest BCUT2D eigenvalue weighted by molar-refractivity contribution is -0.870. The molecule has 0 aromatic rings. The van der Waals surface area contributed by atoms with Gasteiger partial charge in [-0.15, -0.1) is 0 Å². The van der Waals surface area contributed by atoms with Crippen molar-refractivity contribution in [2.45, 2.75) is 398 Å². The molecule has 0 saturated heterocycles. The number of hydrogen-bond acceptors (Lipinski definition) is 5. The van der Waals surface area contributed by atoms with E-state index in [0.717, 1.165) is 44.9 Å². The van der Waals surface area contributed by atoms with Crippen LogP contribution in [0.25, 0.3) is 0 Å². The SMILES string of the molecule is CCCCCCCCCC/C=C\CCCCCCCCCCCCCCCCCCCCCCCCCCCCCC(=O)NC(COP(=O)(O)OCC[N+](C)(C)C)C(O)/C=C/CC/C=C/CC/C=C/CCCCCCCCCCCCCCCCC. The van der Waals surface area contributed by atoms with Crippen LogP contribution < -0.4 is 5.32 Å². The molecule has 0 aromatic carbocycles. The van der Waals surface area contributed by atoms with Crippen LogP contribution in [0.1, 0.15) is 386 Å². The van der Waals surface area contributed by atoms with Crippen LogP contribution in [-0.2, 0) is 18.4 Å². The summed E-state index contributed by atoms with van der Waals surface area (Å²) < 4.78 is 23.8. The second kappa shape index (κ2) is 67.8. The summed E-state index contributed by atoms with van der Waals surface area (Å²) in [6.45, 7) is 4.84. The molecule has 0 fully saturated rings. The van der Waals surface area contributed by atoms with Crippen LogP contribution >= 0.6 is 7.82 Å². The van der Waals surface area contributed by atoms with Crippen LogP contribution in [0.15, 0.2) is 48.6 Å². The van der Waals surface area contributed by atoms with Crippen molar-refractivity contribution in [3.63, 3.8) is 0 Å². The Morgan fingerprint density at radius 2 is 0.640 bits per heavy atom. The lowest BCUT2D eigenvalue weighted by atomic mass is 10.0.